The number of anilines is 1. The van der Waals surface area contributed by atoms with E-state index < -0.39 is 5.97 Å². The number of carbonyl (C=O) groups excluding carboxylic acids is 1. The smallest absolute Gasteiger partial charge is 0.335 e. The Bertz CT molecular complexity index is 522. The van der Waals surface area contributed by atoms with Gasteiger partial charge in [0.1, 0.15) is 6.04 Å². The summed E-state index contributed by atoms with van der Waals surface area (Å²) in [6.45, 7) is 5.26. The molecule has 1 fully saturated rings. The third kappa shape index (κ3) is 3.10. The number of likely N-dealkylation sites (tertiary alicyclic amines) is 1. The molecule has 108 valence electrons. The fourth-order valence-corrected chi connectivity index (χ4v) is 2.52. The lowest BCUT2D eigenvalue weighted by Crippen LogP contribution is -2.39. The van der Waals surface area contributed by atoms with Gasteiger partial charge in [-0.25, -0.2) is 4.79 Å². The number of carboxylic acids is 1. The summed E-state index contributed by atoms with van der Waals surface area (Å²) >= 11 is 0. The van der Waals surface area contributed by atoms with E-state index in [1.807, 2.05) is 11.8 Å². The lowest BCUT2D eigenvalue weighted by molar-refractivity contribution is -0.130. The van der Waals surface area contributed by atoms with E-state index in [2.05, 4.69) is 5.32 Å². The highest BCUT2D eigenvalue weighted by atomic mass is 16.4. The highest BCUT2D eigenvalue weighted by molar-refractivity contribution is 5.90. The second-order valence-electron chi connectivity index (χ2n) is 5.23. The Morgan fingerprint density at radius 2 is 1.95 bits per heavy atom. The van der Waals surface area contributed by atoms with Gasteiger partial charge in [-0.05, 0) is 50.5 Å². The molecule has 2 rings (SSSR count). The molecule has 1 amide bonds. The van der Waals surface area contributed by atoms with Gasteiger partial charge < -0.3 is 15.3 Å². The van der Waals surface area contributed by atoms with E-state index in [0.29, 0.717) is 5.56 Å². The molecule has 1 atom stereocenters. The van der Waals surface area contributed by atoms with Crippen LogP contribution in [0.25, 0.3) is 0 Å². The van der Waals surface area contributed by atoms with Crippen molar-refractivity contribution in [2.45, 2.75) is 32.7 Å². The Labute approximate surface area is 118 Å². The molecule has 0 aromatic heterocycles. The maximum Gasteiger partial charge on any atom is 0.335 e. The molecule has 1 saturated heterocycles. The van der Waals surface area contributed by atoms with Gasteiger partial charge >= 0.3 is 5.97 Å². The van der Waals surface area contributed by atoms with Gasteiger partial charge in [-0.3, -0.25) is 4.79 Å². The Hall–Kier alpha value is -2.04. The van der Waals surface area contributed by atoms with Gasteiger partial charge in [-0.2, -0.15) is 0 Å². The van der Waals surface area contributed by atoms with Crippen LogP contribution in [0.2, 0.25) is 0 Å². The minimum atomic E-state index is -0.935. The lowest BCUT2D eigenvalue weighted by atomic mass is 10.1. The summed E-state index contributed by atoms with van der Waals surface area (Å²) in [4.78, 5) is 25.0. The van der Waals surface area contributed by atoms with E-state index in [0.717, 1.165) is 31.6 Å². The fraction of sp³-hybridized carbons (Fsp3) is 0.467. The first-order chi connectivity index (χ1) is 9.49. The van der Waals surface area contributed by atoms with Crippen molar-refractivity contribution in [2.75, 3.05) is 18.4 Å². The molecule has 2 N–H and O–H groups in total. The Balaban J connectivity index is 2.04. The number of carbonyl (C=O) groups is 2. The summed E-state index contributed by atoms with van der Waals surface area (Å²) < 4.78 is 0. The molecule has 1 aliphatic rings. The highest BCUT2D eigenvalue weighted by Gasteiger charge is 2.23. The number of nitrogens with one attached hydrogen (secondary N) is 1. The molecule has 5 nitrogen and oxygen atoms in total. The third-order valence-corrected chi connectivity index (χ3v) is 3.63. The zero-order valence-electron chi connectivity index (χ0n) is 11.8. The minimum Gasteiger partial charge on any atom is -0.478 e. The molecule has 0 aliphatic carbocycles. The van der Waals surface area contributed by atoms with Gasteiger partial charge in [0, 0.05) is 18.8 Å². The summed E-state index contributed by atoms with van der Waals surface area (Å²) in [6, 6.07) is 4.72. The van der Waals surface area contributed by atoms with E-state index in [1.54, 1.807) is 25.1 Å². The third-order valence-electron chi connectivity index (χ3n) is 3.63. The van der Waals surface area contributed by atoms with E-state index in [9.17, 15) is 9.59 Å². The number of carboxylic acid groups (broad SMARTS) is 1. The molecule has 1 aromatic carbocycles. The van der Waals surface area contributed by atoms with E-state index in [4.69, 9.17) is 5.11 Å². The van der Waals surface area contributed by atoms with Crippen molar-refractivity contribution in [3.63, 3.8) is 0 Å². The van der Waals surface area contributed by atoms with Crippen LogP contribution in [0.15, 0.2) is 18.2 Å². The number of rotatable bonds is 4. The Morgan fingerprint density at radius 3 is 2.50 bits per heavy atom. The normalized spacial score (nSPS) is 16.0. The van der Waals surface area contributed by atoms with Crippen molar-refractivity contribution in [1.82, 2.24) is 4.90 Å². The molecule has 20 heavy (non-hydrogen) atoms. The SMILES string of the molecule is Cc1cc(NC(C)C(=O)N2CCCC2)ccc1C(=O)O. The van der Waals surface area contributed by atoms with Crippen molar-refractivity contribution >= 4 is 17.6 Å². The first-order valence-electron chi connectivity index (χ1n) is 6.88. The maximum absolute atomic E-state index is 12.2. The van der Waals surface area contributed by atoms with Gasteiger partial charge in [0.05, 0.1) is 5.56 Å². The Morgan fingerprint density at radius 1 is 1.30 bits per heavy atom. The lowest BCUT2D eigenvalue weighted by Gasteiger charge is -2.22. The zero-order valence-corrected chi connectivity index (χ0v) is 11.8. The molecule has 0 spiro atoms. The standard InChI is InChI=1S/C15H20N2O3/c1-10-9-12(5-6-13(10)15(19)20)16-11(2)14(18)17-7-3-4-8-17/h5-6,9,11,16H,3-4,7-8H2,1-2H3,(H,19,20). The predicted octanol–water partition coefficient (Wildman–Crippen LogP) is 2.12. The number of benzene rings is 1. The van der Waals surface area contributed by atoms with Gasteiger partial charge in [0.25, 0.3) is 0 Å². The molecule has 5 heteroatoms. The molecule has 0 radical (unpaired) electrons. The second kappa shape index (κ2) is 5.94. The van der Waals surface area contributed by atoms with Gasteiger partial charge in [0.15, 0.2) is 0 Å². The number of hydrogen-bond donors (Lipinski definition) is 2. The number of nitrogens with zero attached hydrogens (tertiary/aromatic N) is 1. The molecular weight excluding hydrogens is 256 g/mol. The van der Waals surface area contributed by atoms with Crippen LogP contribution >= 0.6 is 0 Å². The fourth-order valence-electron chi connectivity index (χ4n) is 2.52. The molecule has 0 bridgehead atoms. The van der Waals surface area contributed by atoms with Crippen LogP contribution in [0, 0.1) is 6.92 Å². The number of hydrogen-bond acceptors (Lipinski definition) is 3. The summed E-state index contributed by atoms with van der Waals surface area (Å²) in [5.74, 6) is -0.835. The van der Waals surface area contributed by atoms with Crippen LogP contribution in [0.3, 0.4) is 0 Å². The first-order valence-corrected chi connectivity index (χ1v) is 6.88. The Kier molecular flexibility index (Phi) is 4.27. The van der Waals surface area contributed by atoms with Crippen LogP contribution in [0.4, 0.5) is 5.69 Å². The van der Waals surface area contributed by atoms with Gasteiger partial charge in [-0.1, -0.05) is 0 Å². The largest absolute Gasteiger partial charge is 0.478 e. The summed E-state index contributed by atoms with van der Waals surface area (Å²) in [5.41, 5.74) is 1.74. The quantitative estimate of drug-likeness (QED) is 0.883. The number of aromatic carboxylic acids is 1. The zero-order chi connectivity index (χ0) is 14.7. The second-order valence-corrected chi connectivity index (χ2v) is 5.23. The molecular formula is C15H20N2O3. The number of amides is 1. The first kappa shape index (κ1) is 14.4. The van der Waals surface area contributed by atoms with Crippen LogP contribution in [-0.4, -0.2) is 41.0 Å². The molecule has 1 aliphatic heterocycles. The minimum absolute atomic E-state index is 0.0995. The van der Waals surface area contributed by atoms with Crippen molar-refractivity contribution in [1.29, 1.82) is 0 Å². The van der Waals surface area contributed by atoms with Crippen molar-refractivity contribution in [2.24, 2.45) is 0 Å². The maximum atomic E-state index is 12.2. The van der Waals surface area contributed by atoms with Crippen molar-refractivity contribution < 1.29 is 14.7 Å². The van der Waals surface area contributed by atoms with Crippen LogP contribution in [-0.2, 0) is 4.79 Å². The van der Waals surface area contributed by atoms with Crippen molar-refractivity contribution in [3.05, 3.63) is 29.3 Å². The average Bonchev–Trinajstić information content (AvgIpc) is 2.91. The molecule has 1 heterocycles. The predicted molar refractivity (Wildman–Crippen MR) is 77.0 cm³/mol. The van der Waals surface area contributed by atoms with E-state index in [1.165, 1.54) is 0 Å². The molecule has 1 unspecified atom stereocenters. The van der Waals surface area contributed by atoms with E-state index >= 15 is 0 Å². The van der Waals surface area contributed by atoms with Crippen LogP contribution in [0.5, 0.6) is 0 Å². The monoisotopic (exact) mass is 276 g/mol. The highest BCUT2D eigenvalue weighted by Crippen LogP contribution is 2.17. The van der Waals surface area contributed by atoms with Gasteiger partial charge in [0.2, 0.25) is 5.91 Å². The molecule has 1 aromatic rings. The van der Waals surface area contributed by atoms with Crippen molar-refractivity contribution in [3.8, 4) is 0 Å². The average molecular weight is 276 g/mol. The summed E-state index contributed by atoms with van der Waals surface area (Å²) in [5, 5.41) is 12.1. The summed E-state index contributed by atoms with van der Waals surface area (Å²) in [7, 11) is 0. The topological polar surface area (TPSA) is 69.6 Å². The van der Waals surface area contributed by atoms with Gasteiger partial charge in [-0.15, -0.1) is 0 Å². The number of aryl methyl sites for hydroxylation is 1. The summed E-state index contributed by atoms with van der Waals surface area (Å²) in [6.07, 6.45) is 2.15. The van der Waals surface area contributed by atoms with Crippen LogP contribution < -0.4 is 5.32 Å². The molecule has 0 saturated carbocycles. The van der Waals surface area contributed by atoms with Crippen LogP contribution in [0.1, 0.15) is 35.7 Å². The van der Waals surface area contributed by atoms with E-state index in [-0.39, 0.29) is 17.5 Å².